The van der Waals surface area contributed by atoms with Gasteiger partial charge in [0, 0.05) is 6.20 Å². The first-order valence-corrected chi connectivity index (χ1v) is 14.5. The van der Waals surface area contributed by atoms with E-state index >= 15 is 0 Å². The number of aliphatic hydroxyl groups is 1. The van der Waals surface area contributed by atoms with Gasteiger partial charge in [0.05, 0.1) is 18.8 Å². The van der Waals surface area contributed by atoms with Crippen LogP contribution in [0.2, 0.25) is 0 Å². The smallest absolute Gasteiger partial charge is 0.0769 e. The molecule has 0 bridgehead atoms. The second kappa shape index (κ2) is 8.99. The Bertz CT molecular complexity index is 818. The number of rotatable bonds is 6. The zero-order chi connectivity index (χ0) is 23.4. The number of nitrogens with zero attached hydrogens (tertiary/aromatic N) is 2. The maximum absolute atomic E-state index is 11.4. The number of hydrogen-bond acceptors (Lipinski definition) is 2. The van der Waals surface area contributed by atoms with Crippen LogP contribution in [0.5, 0.6) is 0 Å². The minimum absolute atomic E-state index is 0.268. The van der Waals surface area contributed by atoms with Crippen LogP contribution in [0.25, 0.3) is 0 Å². The van der Waals surface area contributed by atoms with E-state index < -0.39 is 0 Å². The summed E-state index contributed by atoms with van der Waals surface area (Å²) < 4.78 is 2.02. The molecule has 1 aromatic rings. The molecule has 3 nitrogen and oxygen atoms in total. The summed E-state index contributed by atoms with van der Waals surface area (Å²) in [5, 5.41) is 16.0. The summed E-state index contributed by atoms with van der Waals surface area (Å²) in [5.74, 6) is 5.63. The van der Waals surface area contributed by atoms with Crippen molar-refractivity contribution in [3.05, 3.63) is 18.0 Å². The van der Waals surface area contributed by atoms with E-state index in [0.717, 1.165) is 36.0 Å². The van der Waals surface area contributed by atoms with Gasteiger partial charge in [-0.3, -0.25) is 4.68 Å². The number of aliphatic hydroxyl groups excluding tert-OH is 1. The molecule has 4 saturated carbocycles. The van der Waals surface area contributed by atoms with Crippen LogP contribution < -0.4 is 0 Å². The molecule has 0 amide bonds. The quantitative estimate of drug-likeness (QED) is 0.485. The predicted octanol–water partition coefficient (Wildman–Crippen LogP) is 7.44. The van der Waals surface area contributed by atoms with Crippen LogP contribution in [-0.4, -0.2) is 21.0 Å². The number of hydrogen-bond donors (Lipinski definition) is 1. The molecule has 4 aliphatic rings. The van der Waals surface area contributed by atoms with Gasteiger partial charge >= 0.3 is 0 Å². The first kappa shape index (κ1) is 23.9. The van der Waals surface area contributed by atoms with Crippen LogP contribution in [-0.2, 0) is 6.54 Å². The van der Waals surface area contributed by atoms with Gasteiger partial charge in [-0.2, -0.15) is 5.10 Å². The van der Waals surface area contributed by atoms with Crippen LogP contribution in [0.15, 0.2) is 12.4 Å². The molecule has 4 fully saturated rings. The molecular weight excluding hydrogens is 404 g/mol. The average molecular weight is 455 g/mol. The summed E-state index contributed by atoms with van der Waals surface area (Å²) in [6.07, 6.45) is 19.1. The van der Waals surface area contributed by atoms with Gasteiger partial charge < -0.3 is 5.11 Å². The molecule has 0 spiro atoms. The molecule has 0 aliphatic heterocycles. The van der Waals surface area contributed by atoms with Gasteiger partial charge in [0.2, 0.25) is 0 Å². The molecule has 10 unspecified atom stereocenters. The molecule has 0 radical (unpaired) electrons. The number of fused-ring (bicyclic) bond motifs is 5. The predicted molar refractivity (Wildman–Crippen MR) is 136 cm³/mol. The zero-order valence-electron chi connectivity index (χ0n) is 22.1. The Morgan fingerprint density at radius 2 is 1.76 bits per heavy atom. The van der Waals surface area contributed by atoms with Gasteiger partial charge in [-0.15, -0.1) is 0 Å². The van der Waals surface area contributed by atoms with Crippen molar-refractivity contribution in [3.63, 3.8) is 0 Å². The second-order valence-corrected chi connectivity index (χ2v) is 13.4. The molecule has 1 heterocycles. The van der Waals surface area contributed by atoms with Crippen molar-refractivity contribution in [1.82, 2.24) is 9.78 Å². The van der Waals surface area contributed by atoms with Crippen molar-refractivity contribution in [2.24, 2.45) is 46.3 Å². The number of aromatic nitrogens is 2. The normalized spacial score (nSPS) is 44.5. The highest BCUT2D eigenvalue weighted by molar-refractivity contribution is 5.11. The fourth-order valence-electron chi connectivity index (χ4n) is 9.73. The topological polar surface area (TPSA) is 38.0 Å². The Hall–Kier alpha value is -0.830. The van der Waals surface area contributed by atoms with Crippen molar-refractivity contribution >= 4 is 0 Å². The van der Waals surface area contributed by atoms with Crippen molar-refractivity contribution in [1.29, 1.82) is 0 Å². The standard InChI is InChI=1S/C30H50N2O/c1-6-20(3)22-17-31-32(18-22)19-28(33)27-11-10-26-24-12-14-29(4)16-21(7-2)8-9-25(29)23(24)13-15-30(26,27)5/h17-18,20-21,23-28,33H,6-16,19H2,1-5H3. The molecule has 0 aromatic carbocycles. The van der Waals surface area contributed by atoms with Gasteiger partial charge in [0.15, 0.2) is 0 Å². The average Bonchev–Trinajstić information content (AvgIpc) is 3.41. The van der Waals surface area contributed by atoms with Crippen molar-refractivity contribution < 1.29 is 5.11 Å². The summed E-state index contributed by atoms with van der Waals surface area (Å²) in [5.41, 5.74) is 2.24. The van der Waals surface area contributed by atoms with E-state index in [1.165, 1.54) is 69.8 Å². The Morgan fingerprint density at radius 1 is 1.03 bits per heavy atom. The Balaban J connectivity index is 1.28. The van der Waals surface area contributed by atoms with Gasteiger partial charge in [0.25, 0.3) is 0 Å². The summed E-state index contributed by atoms with van der Waals surface area (Å²) in [4.78, 5) is 0. The maximum Gasteiger partial charge on any atom is 0.0769 e. The van der Waals surface area contributed by atoms with Crippen molar-refractivity contribution in [2.75, 3.05) is 0 Å². The third-order valence-electron chi connectivity index (χ3n) is 11.9. The monoisotopic (exact) mass is 454 g/mol. The highest BCUT2D eigenvalue weighted by Gasteiger charge is 2.59. The first-order valence-electron chi connectivity index (χ1n) is 14.5. The van der Waals surface area contributed by atoms with E-state index in [-0.39, 0.29) is 6.10 Å². The van der Waals surface area contributed by atoms with E-state index in [1.807, 2.05) is 10.9 Å². The first-order chi connectivity index (χ1) is 15.8. The summed E-state index contributed by atoms with van der Waals surface area (Å²) >= 11 is 0. The minimum atomic E-state index is -0.268. The lowest BCUT2D eigenvalue weighted by atomic mass is 9.45. The maximum atomic E-state index is 11.4. The van der Waals surface area contributed by atoms with Crippen LogP contribution in [0, 0.1) is 46.3 Å². The van der Waals surface area contributed by atoms with Crippen LogP contribution in [0.3, 0.4) is 0 Å². The lowest BCUT2D eigenvalue weighted by molar-refractivity contribution is -0.114. The van der Waals surface area contributed by atoms with Gasteiger partial charge in [-0.05, 0) is 116 Å². The fourth-order valence-corrected chi connectivity index (χ4v) is 9.73. The van der Waals surface area contributed by atoms with E-state index in [1.54, 1.807) is 0 Å². The van der Waals surface area contributed by atoms with Crippen LogP contribution in [0.1, 0.15) is 117 Å². The van der Waals surface area contributed by atoms with E-state index in [9.17, 15) is 5.11 Å². The third kappa shape index (κ3) is 4.03. The van der Waals surface area contributed by atoms with Gasteiger partial charge in [0.1, 0.15) is 0 Å². The molecule has 10 atom stereocenters. The lowest BCUT2D eigenvalue weighted by Gasteiger charge is -2.60. The van der Waals surface area contributed by atoms with Crippen molar-refractivity contribution in [3.8, 4) is 0 Å². The summed E-state index contributed by atoms with van der Waals surface area (Å²) in [6, 6.07) is 0. The molecule has 5 rings (SSSR count). The zero-order valence-corrected chi connectivity index (χ0v) is 22.1. The molecule has 1 aromatic heterocycles. The highest BCUT2D eigenvalue weighted by atomic mass is 16.3. The molecule has 4 aliphatic carbocycles. The lowest BCUT2D eigenvalue weighted by Crippen LogP contribution is -2.52. The molecule has 0 saturated heterocycles. The second-order valence-electron chi connectivity index (χ2n) is 13.4. The minimum Gasteiger partial charge on any atom is -0.391 e. The summed E-state index contributed by atoms with van der Waals surface area (Å²) in [6.45, 7) is 12.8. The largest absolute Gasteiger partial charge is 0.391 e. The van der Waals surface area contributed by atoms with E-state index in [0.29, 0.717) is 29.2 Å². The molecule has 3 heteroatoms. The Labute approximate surface area is 203 Å². The molecule has 1 N–H and O–H groups in total. The van der Waals surface area contributed by atoms with Crippen LogP contribution in [0.4, 0.5) is 0 Å². The van der Waals surface area contributed by atoms with Crippen molar-refractivity contribution in [2.45, 2.75) is 124 Å². The third-order valence-corrected chi connectivity index (χ3v) is 11.9. The summed E-state index contributed by atoms with van der Waals surface area (Å²) in [7, 11) is 0. The SMILES string of the molecule is CCC1CCC2C3CCC4(C)C(C(O)Cn5cc(C(C)CC)cn5)CCC4C3CCC2(C)C1. The van der Waals surface area contributed by atoms with E-state index in [4.69, 9.17) is 0 Å². The van der Waals surface area contributed by atoms with Gasteiger partial charge in [-0.25, -0.2) is 0 Å². The molecule has 186 valence electrons. The van der Waals surface area contributed by atoms with Gasteiger partial charge in [-0.1, -0.05) is 47.5 Å². The highest BCUT2D eigenvalue weighted by Crippen LogP contribution is 2.67. The Morgan fingerprint density at radius 3 is 2.52 bits per heavy atom. The Kier molecular flexibility index (Phi) is 6.51. The van der Waals surface area contributed by atoms with E-state index in [2.05, 4.69) is 45.9 Å². The molecular formula is C30H50N2O. The molecule has 33 heavy (non-hydrogen) atoms. The van der Waals surface area contributed by atoms with Crippen LogP contribution >= 0.6 is 0 Å². The fraction of sp³-hybridized carbons (Fsp3) is 0.900.